The topological polar surface area (TPSA) is 70.1 Å². The summed E-state index contributed by atoms with van der Waals surface area (Å²) in [5.74, 6) is -0.609. The number of benzene rings is 1. The van der Waals surface area contributed by atoms with Crippen LogP contribution >= 0.6 is 0 Å². The van der Waals surface area contributed by atoms with Gasteiger partial charge in [-0.25, -0.2) is 0 Å². The van der Waals surface area contributed by atoms with Gasteiger partial charge in [0.05, 0.1) is 12.2 Å². The molecule has 24 heavy (non-hydrogen) atoms. The Morgan fingerprint density at radius 3 is 2.42 bits per heavy atom. The summed E-state index contributed by atoms with van der Waals surface area (Å²) in [4.78, 5) is 28.5. The van der Waals surface area contributed by atoms with E-state index in [1.54, 1.807) is 19.1 Å². The van der Waals surface area contributed by atoms with E-state index < -0.39 is 0 Å². The van der Waals surface area contributed by atoms with Crippen molar-refractivity contribution >= 4 is 17.4 Å². The molecule has 0 fully saturated rings. The lowest BCUT2D eigenvalue weighted by molar-refractivity contribution is -0.137. The monoisotopic (exact) mass is 332 g/mol. The number of aryl methyl sites for hydroxylation is 1. The van der Waals surface area contributed by atoms with E-state index in [0.717, 1.165) is 5.56 Å². The van der Waals surface area contributed by atoms with Crippen LogP contribution in [0, 0.1) is 6.92 Å². The Morgan fingerprint density at radius 2 is 1.83 bits per heavy atom. The van der Waals surface area contributed by atoms with Crippen LogP contribution < -0.4 is 0 Å². The number of carbonyl (C=O) groups is 2. The maximum Gasteiger partial charge on any atom is 0.277 e. The third-order valence-electron chi connectivity index (χ3n) is 4.03. The number of aliphatic hydroxyl groups is 1. The molecular weight excluding hydrogens is 308 g/mol. The fraction of sp³-hybridized carbons (Fsp3) is 0.444. The Morgan fingerprint density at radius 1 is 1.17 bits per heavy atom. The number of methoxy groups -OCH3 is 1. The van der Waals surface area contributed by atoms with Crippen LogP contribution in [-0.2, 0) is 14.3 Å². The maximum atomic E-state index is 12.8. The summed E-state index contributed by atoms with van der Waals surface area (Å²) in [7, 11) is 3.30. The fourth-order valence-electron chi connectivity index (χ4n) is 2.73. The molecular formula is C18H24N2O4. The Balaban J connectivity index is 2.40. The number of hydrogen-bond acceptors (Lipinski definition) is 5. The smallest absolute Gasteiger partial charge is 0.277 e. The van der Waals surface area contributed by atoms with Gasteiger partial charge in [0.25, 0.3) is 11.8 Å². The van der Waals surface area contributed by atoms with Crippen LogP contribution in [0.5, 0.6) is 0 Å². The number of rotatable bonds is 8. The number of hydrogen-bond donors (Lipinski definition) is 1. The fourth-order valence-corrected chi connectivity index (χ4v) is 2.73. The minimum Gasteiger partial charge on any atom is -0.395 e. The first-order chi connectivity index (χ1) is 11.5. The molecule has 6 heteroatoms. The van der Waals surface area contributed by atoms with Crippen LogP contribution in [0.2, 0.25) is 0 Å². The molecule has 0 saturated heterocycles. The molecule has 1 aromatic rings. The molecule has 0 unspecified atom stereocenters. The van der Waals surface area contributed by atoms with Gasteiger partial charge in [0.2, 0.25) is 0 Å². The highest BCUT2D eigenvalue weighted by Gasteiger charge is 2.40. The molecule has 2 rings (SSSR count). The number of imide groups is 1. The first-order valence-corrected chi connectivity index (χ1v) is 7.99. The molecule has 0 atom stereocenters. The van der Waals surface area contributed by atoms with Gasteiger partial charge in [-0.3, -0.25) is 14.5 Å². The van der Waals surface area contributed by atoms with Crippen molar-refractivity contribution in [2.24, 2.45) is 0 Å². The van der Waals surface area contributed by atoms with E-state index in [0.29, 0.717) is 36.4 Å². The van der Waals surface area contributed by atoms with Crippen LogP contribution in [0.4, 0.5) is 0 Å². The van der Waals surface area contributed by atoms with E-state index in [1.165, 1.54) is 4.90 Å². The van der Waals surface area contributed by atoms with E-state index in [9.17, 15) is 14.7 Å². The predicted octanol–water partition coefficient (Wildman–Crippen LogP) is 1.04. The lowest BCUT2D eigenvalue weighted by Crippen LogP contribution is -2.35. The van der Waals surface area contributed by atoms with Crippen molar-refractivity contribution in [3.63, 3.8) is 0 Å². The van der Waals surface area contributed by atoms with E-state index in [4.69, 9.17) is 4.74 Å². The highest BCUT2D eigenvalue weighted by molar-refractivity contribution is 6.35. The number of likely N-dealkylation sites (N-methyl/N-ethyl adjacent to an activating group) is 1. The molecule has 0 bridgehead atoms. The van der Waals surface area contributed by atoms with Gasteiger partial charge in [-0.1, -0.05) is 29.8 Å². The number of aliphatic hydroxyl groups excluding tert-OH is 1. The minimum atomic E-state index is -0.317. The highest BCUT2D eigenvalue weighted by atomic mass is 16.5. The van der Waals surface area contributed by atoms with Crippen LogP contribution in [0.3, 0.4) is 0 Å². The Kier molecular flexibility index (Phi) is 6.11. The van der Waals surface area contributed by atoms with Crippen molar-refractivity contribution in [2.45, 2.75) is 13.3 Å². The maximum absolute atomic E-state index is 12.8. The Labute approximate surface area is 142 Å². The third-order valence-corrected chi connectivity index (χ3v) is 4.03. The number of nitrogens with zero attached hydrogens (tertiary/aromatic N) is 2. The SMILES string of the molecule is COCCCN1C(=O)C(c2ccc(C)cc2)=C(N(C)CCO)C1=O. The average Bonchev–Trinajstić information content (AvgIpc) is 2.80. The van der Waals surface area contributed by atoms with E-state index in [2.05, 4.69) is 0 Å². The molecule has 1 aromatic carbocycles. The summed E-state index contributed by atoms with van der Waals surface area (Å²) in [6, 6.07) is 7.53. The lowest BCUT2D eigenvalue weighted by Gasteiger charge is -2.20. The van der Waals surface area contributed by atoms with Crippen LogP contribution in [0.1, 0.15) is 17.5 Å². The summed E-state index contributed by atoms with van der Waals surface area (Å²) in [6.07, 6.45) is 0.589. The zero-order valence-corrected chi connectivity index (χ0v) is 14.4. The molecule has 0 spiro atoms. The van der Waals surface area contributed by atoms with Gasteiger partial charge < -0.3 is 14.7 Å². The minimum absolute atomic E-state index is 0.0909. The van der Waals surface area contributed by atoms with Crippen molar-refractivity contribution in [1.29, 1.82) is 0 Å². The van der Waals surface area contributed by atoms with Gasteiger partial charge in [0.15, 0.2) is 0 Å². The van der Waals surface area contributed by atoms with E-state index in [-0.39, 0.29) is 25.0 Å². The van der Waals surface area contributed by atoms with Gasteiger partial charge in [0, 0.05) is 33.9 Å². The third kappa shape index (κ3) is 3.66. The molecule has 1 N–H and O–H groups in total. The van der Waals surface area contributed by atoms with Gasteiger partial charge >= 0.3 is 0 Å². The average molecular weight is 332 g/mol. The van der Waals surface area contributed by atoms with Gasteiger partial charge in [-0.15, -0.1) is 0 Å². The first kappa shape index (κ1) is 18.2. The van der Waals surface area contributed by atoms with Crippen molar-refractivity contribution < 1.29 is 19.4 Å². The molecule has 0 saturated carbocycles. The van der Waals surface area contributed by atoms with Crippen molar-refractivity contribution in [3.8, 4) is 0 Å². The summed E-state index contributed by atoms with van der Waals surface area (Å²) >= 11 is 0. The van der Waals surface area contributed by atoms with Gasteiger partial charge in [-0.2, -0.15) is 0 Å². The van der Waals surface area contributed by atoms with Crippen LogP contribution in [0.25, 0.3) is 5.57 Å². The molecule has 1 aliphatic rings. The van der Waals surface area contributed by atoms with E-state index >= 15 is 0 Å². The summed E-state index contributed by atoms with van der Waals surface area (Å²) in [5, 5.41) is 9.19. The first-order valence-electron chi connectivity index (χ1n) is 7.99. The highest BCUT2D eigenvalue weighted by Crippen LogP contribution is 2.31. The Hall–Kier alpha value is -2.18. The standard InChI is InChI=1S/C18H24N2O4/c1-13-5-7-14(8-6-13)15-16(19(2)10-11-21)18(23)20(17(15)22)9-4-12-24-3/h5-8,21H,4,9-12H2,1-3H3. The number of amides is 2. The number of ether oxygens (including phenoxy) is 1. The van der Waals surface area contributed by atoms with Crippen LogP contribution in [-0.4, -0.2) is 67.2 Å². The molecule has 1 heterocycles. The van der Waals surface area contributed by atoms with Gasteiger partial charge in [-0.05, 0) is 18.9 Å². The molecule has 1 aliphatic heterocycles. The summed E-state index contributed by atoms with van der Waals surface area (Å²) in [6.45, 7) is 2.97. The van der Waals surface area contributed by atoms with Crippen molar-refractivity contribution in [3.05, 3.63) is 41.1 Å². The van der Waals surface area contributed by atoms with E-state index in [1.807, 2.05) is 31.2 Å². The van der Waals surface area contributed by atoms with Crippen LogP contribution in [0.15, 0.2) is 30.0 Å². The molecule has 0 aliphatic carbocycles. The normalized spacial score (nSPS) is 14.8. The zero-order valence-electron chi connectivity index (χ0n) is 14.4. The van der Waals surface area contributed by atoms with Crippen molar-refractivity contribution in [1.82, 2.24) is 9.80 Å². The van der Waals surface area contributed by atoms with Gasteiger partial charge in [0.1, 0.15) is 5.70 Å². The predicted molar refractivity (Wildman–Crippen MR) is 91.0 cm³/mol. The quantitative estimate of drug-likeness (QED) is 0.569. The second-order valence-corrected chi connectivity index (χ2v) is 5.84. The molecule has 0 radical (unpaired) electrons. The van der Waals surface area contributed by atoms with Crippen molar-refractivity contribution in [2.75, 3.05) is 40.5 Å². The molecule has 130 valence electrons. The summed E-state index contributed by atoms with van der Waals surface area (Å²) < 4.78 is 5.00. The molecule has 0 aromatic heterocycles. The number of carbonyl (C=O) groups excluding carboxylic acids is 2. The lowest BCUT2D eigenvalue weighted by atomic mass is 10.0. The second kappa shape index (κ2) is 8.08. The second-order valence-electron chi connectivity index (χ2n) is 5.84. The largest absolute Gasteiger partial charge is 0.395 e. The Bertz CT molecular complexity index is 637. The molecule has 2 amide bonds. The summed E-state index contributed by atoms with van der Waals surface area (Å²) in [5.41, 5.74) is 2.54. The molecule has 6 nitrogen and oxygen atoms in total. The zero-order chi connectivity index (χ0) is 17.7.